The Labute approximate surface area is 224 Å². The lowest BCUT2D eigenvalue weighted by atomic mass is 9.70. The quantitative estimate of drug-likeness (QED) is 0.197. The van der Waals surface area contributed by atoms with Crippen molar-refractivity contribution in [2.24, 2.45) is 11.8 Å². The Kier molecular flexibility index (Phi) is 7.95. The van der Waals surface area contributed by atoms with Crippen molar-refractivity contribution in [2.45, 2.75) is 48.4 Å². The van der Waals surface area contributed by atoms with Gasteiger partial charge in [0, 0.05) is 22.1 Å². The molecule has 1 N–H and O–H groups in total. The Balaban J connectivity index is 1.77. The highest BCUT2D eigenvalue weighted by Gasteiger charge is 2.77. The van der Waals surface area contributed by atoms with Crippen LogP contribution in [0.15, 0.2) is 49.6 Å². The molecule has 10 heteroatoms. The van der Waals surface area contributed by atoms with Gasteiger partial charge in [-0.2, -0.15) is 0 Å². The summed E-state index contributed by atoms with van der Waals surface area (Å²) in [6.07, 6.45) is 3.47. The van der Waals surface area contributed by atoms with Crippen LogP contribution in [0.5, 0.6) is 0 Å². The molecule has 4 rings (SSSR count). The summed E-state index contributed by atoms with van der Waals surface area (Å²) in [5.41, 5.74) is -0.666. The second kappa shape index (κ2) is 10.7. The number of aliphatic hydroxyl groups is 1. The zero-order valence-corrected chi connectivity index (χ0v) is 22.4. The minimum absolute atomic E-state index is 0.148. The average molecular weight is 582 g/mol. The summed E-state index contributed by atoms with van der Waals surface area (Å²) in [4.78, 5) is 44.0. The van der Waals surface area contributed by atoms with Crippen molar-refractivity contribution in [3.8, 4) is 0 Å². The number of carbonyl (C=O) groups excluding carboxylic acids is 3. The number of anilines is 1. The molecular weight excluding hydrogens is 552 g/mol. The van der Waals surface area contributed by atoms with Crippen molar-refractivity contribution in [1.82, 2.24) is 4.90 Å². The number of hydrogen-bond acceptors (Lipinski definition) is 6. The highest BCUT2D eigenvalue weighted by atomic mass is 79.9. The first-order valence-corrected chi connectivity index (χ1v) is 13.2. The van der Waals surface area contributed by atoms with E-state index < -0.39 is 47.5 Å². The molecule has 194 valence electrons. The Morgan fingerprint density at radius 1 is 1.36 bits per heavy atom. The van der Waals surface area contributed by atoms with E-state index in [2.05, 4.69) is 29.1 Å². The first kappa shape index (κ1) is 26.9. The molecule has 8 nitrogen and oxygen atoms in total. The number of nitrogens with zero attached hydrogens (tertiary/aromatic N) is 2. The van der Waals surface area contributed by atoms with Gasteiger partial charge >= 0.3 is 5.97 Å². The van der Waals surface area contributed by atoms with Gasteiger partial charge in [-0.3, -0.25) is 14.4 Å². The zero-order chi connectivity index (χ0) is 26.2. The number of benzene rings is 1. The predicted octanol–water partition coefficient (Wildman–Crippen LogP) is 3.11. The van der Waals surface area contributed by atoms with Crippen LogP contribution in [0, 0.1) is 11.8 Å². The van der Waals surface area contributed by atoms with E-state index in [0.29, 0.717) is 23.6 Å². The number of hydrogen-bond donors (Lipinski definition) is 1. The van der Waals surface area contributed by atoms with Gasteiger partial charge in [0.2, 0.25) is 5.91 Å². The number of aliphatic hydroxyl groups excluding tert-OH is 1. The van der Waals surface area contributed by atoms with Crippen LogP contribution in [0.4, 0.5) is 5.69 Å². The first-order valence-electron chi connectivity index (χ1n) is 11.9. The molecule has 3 aliphatic rings. The van der Waals surface area contributed by atoms with Crippen molar-refractivity contribution in [2.75, 3.05) is 24.7 Å². The maximum atomic E-state index is 14.3. The molecule has 2 bridgehead atoms. The van der Waals surface area contributed by atoms with E-state index in [-0.39, 0.29) is 30.5 Å². The summed E-state index contributed by atoms with van der Waals surface area (Å²) in [6.45, 7) is 9.07. The fourth-order valence-electron chi connectivity index (χ4n) is 5.74. The van der Waals surface area contributed by atoms with Crippen LogP contribution in [0.25, 0.3) is 0 Å². The number of esters is 1. The van der Waals surface area contributed by atoms with Crippen LogP contribution in [-0.2, 0) is 23.9 Å². The Morgan fingerprint density at radius 3 is 2.67 bits per heavy atom. The number of alkyl halides is 1. The molecule has 3 aliphatic heterocycles. The van der Waals surface area contributed by atoms with Crippen LogP contribution < -0.4 is 4.90 Å². The van der Waals surface area contributed by atoms with E-state index in [1.54, 1.807) is 43.3 Å². The highest BCUT2D eigenvalue weighted by molar-refractivity contribution is 9.09. The molecule has 3 saturated heterocycles. The fourth-order valence-corrected chi connectivity index (χ4v) is 6.81. The summed E-state index contributed by atoms with van der Waals surface area (Å²) >= 11 is 9.68. The van der Waals surface area contributed by atoms with Crippen LogP contribution >= 0.6 is 27.5 Å². The molecule has 0 aromatic heterocycles. The maximum absolute atomic E-state index is 14.3. The lowest BCUT2D eigenvalue weighted by Crippen LogP contribution is -2.58. The monoisotopic (exact) mass is 580 g/mol. The van der Waals surface area contributed by atoms with Crippen molar-refractivity contribution < 1.29 is 29.0 Å². The smallest absolute Gasteiger partial charge is 0.312 e. The van der Waals surface area contributed by atoms with Crippen molar-refractivity contribution in [3.05, 3.63) is 54.6 Å². The molecule has 1 spiro atoms. The Morgan fingerprint density at radius 2 is 2.06 bits per heavy atom. The van der Waals surface area contributed by atoms with Crippen LogP contribution in [0.3, 0.4) is 0 Å². The number of carbonyl (C=O) groups is 3. The third kappa shape index (κ3) is 4.30. The Hall–Kier alpha value is -2.20. The van der Waals surface area contributed by atoms with Gasteiger partial charge < -0.3 is 24.4 Å². The van der Waals surface area contributed by atoms with Gasteiger partial charge in [0.15, 0.2) is 0 Å². The van der Waals surface area contributed by atoms with Gasteiger partial charge in [-0.25, -0.2) is 0 Å². The third-order valence-corrected chi connectivity index (χ3v) is 8.35. The van der Waals surface area contributed by atoms with Crippen molar-refractivity contribution in [3.63, 3.8) is 0 Å². The molecule has 1 aromatic rings. The number of ether oxygens (including phenoxy) is 2. The number of rotatable bonds is 10. The largest absolute Gasteiger partial charge is 0.465 e. The van der Waals surface area contributed by atoms with Gasteiger partial charge in [-0.1, -0.05) is 39.7 Å². The minimum atomic E-state index is -1.25. The molecule has 36 heavy (non-hydrogen) atoms. The van der Waals surface area contributed by atoms with Crippen LogP contribution in [0.1, 0.15) is 19.8 Å². The topological polar surface area (TPSA) is 96.4 Å². The molecule has 0 aliphatic carbocycles. The summed E-state index contributed by atoms with van der Waals surface area (Å²) in [7, 11) is 0. The SMILES string of the molecule is C=CCCOC(=O)[C@H]1[C@H]2C(=O)N([C@H](C)CO)C(C(=O)N(CC=C)c3ccc(Cl)cc3)C23CC(Br)[C@@H]1O3. The molecule has 7 atom stereocenters. The van der Waals surface area contributed by atoms with Gasteiger partial charge in [0.1, 0.15) is 11.6 Å². The summed E-state index contributed by atoms with van der Waals surface area (Å²) in [5.74, 6) is -3.07. The van der Waals surface area contributed by atoms with E-state index in [0.717, 1.165) is 0 Å². The predicted molar refractivity (Wildman–Crippen MR) is 139 cm³/mol. The molecule has 0 saturated carbocycles. The second-order valence-corrected chi connectivity index (χ2v) is 11.0. The van der Waals surface area contributed by atoms with Crippen LogP contribution in [0.2, 0.25) is 5.02 Å². The van der Waals surface area contributed by atoms with E-state index in [1.807, 2.05) is 0 Å². The minimum Gasteiger partial charge on any atom is -0.465 e. The molecule has 0 radical (unpaired) electrons. The number of halogens is 2. The second-order valence-electron chi connectivity index (χ2n) is 9.40. The molecule has 3 fully saturated rings. The zero-order valence-electron chi connectivity index (χ0n) is 20.0. The lowest BCUT2D eigenvalue weighted by molar-refractivity contribution is -0.155. The van der Waals surface area contributed by atoms with E-state index >= 15 is 0 Å². The average Bonchev–Trinajstić information content (AvgIpc) is 3.45. The van der Waals surface area contributed by atoms with E-state index in [9.17, 15) is 19.5 Å². The third-order valence-electron chi connectivity index (χ3n) is 7.25. The number of fused-ring (bicyclic) bond motifs is 1. The van der Waals surface area contributed by atoms with Gasteiger partial charge in [0.25, 0.3) is 5.91 Å². The lowest BCUT2D eigenvalue weighted by Gasteiger charge is -2.38. The van der Waals surface area contributed by atoms with Crippen LogP contribution in [-0.4, -0.2) is 76.2 Å². The van der Waals surface area contributed by atoms with E-state index in [4.69, 9.17) is 21.1 Å². The van der Waals surface area contributed by atoms with Crippen molar-refractivity contribution in [1.29, 1.82) is 0 Å². The number of likely N-dealkylation sites (tertiary alicyclic amines) is 1. The molecule has 1 aromatic carbocycles. The molecule has 2 amide bonds. The van der Waals surface area contributed by atoms with E-state index in [1.165, 1.54) is 9.80 Å². The Bertz CT molecular complexity index is 1050. The van der Waals surface area contributed by atoms with Gasteiger partial charge in [-0.15, -0.1) is 13.2 Å². The van der Waals surface area contributed by atoms with Gasteiger partial charge in [0.05, 0.1) is 37.2 Å². The molecule has 3 heterocycles. The molecule has 3 unspecified atom stereocenters. The van der Waals surface area contributed by atoms with Gasteiger partial charge in [-0.05, 0) is 44.0 Å². The summed E-state index contributed by atoms with van der Waals surface area (Å²) in [5, 5.41) is 10.5. The fraction of sp³-hybridized carbons (Fsp3) is 0.500. The maximum Gasteiger partial charge on any atom is 0.312 e. The summed E-state index contributed by atoms with van der Waals surface area (Å²) in [6, 6.07) is 5.07. The number of amides is 2. The standard InChI is InChI=1S/C26H30BrClN2O6/c1-4-6-12-35-25(34)19-20-23(32)30(15(3)14-31)22(26(20)13-18(27)21(19)36-26)24(33)29(11-5-2)17-9-7-16(28)8-10-17/h4-5,7-10,15,18-22,31H,1-2,6,11-14H2,3H3/t15-,18?,19+,20+,21+,22?,26?/m1/s1. The highest BCUT2D eigenvalue weighted by Crippen LogP contribution is 2.60. The van der Waals surface area contributed by atoms with Crippen molar-refractivity contribution >= 4 is 51.0 Å². The molecular formula is C26H30BrClN2O6. The summed E-state index contributed by atoms with van der Waals surface area (Å²) < 4.78 is 11.9. The first-order chi connectivity index (χ1) is 17.2. The normalized spacial score (nSPS) is 31.2.